The molecule has 2 amide bonds. The molecule has 2 heterocycles. The van der Waals surface area contributed by atoms with Gasteiger partial charge in [-0.2, -0.15) is 0 Å². The molecule has 0 unspecified atom stereocenters. The molecule has 0 spiro atoms. The van der Waals surface area contributed by atoms with Gasteiger partial charge in [-0.05, 0) is 30.5 Å². The number of rotatable bonds is 7. The molecular weight excluding hydrogens is 420 g/mol. The number of aromatic nitrogens is 1. The van der Waals surface area contributed by atoms with E-state index in [0.29, 0.717) is 39.1 Å². The Morgan fingerprint density at radius 3 is 2.44 bits per heavy atom. The maximum atomic E-state index is 12.7. The number of nitrogens with one attached hydrogen (secondary N) is 1. The van der Waals surface area contributed by atoms with Gasteiger partial charge in [-0.3, -0.25) is 14.5 Å². The van der Waals surface area contributed by atoms with Gasteiger partial charge in [0.15, 0.2) is 0 Å². The molecule has 1 aliphatic rings. The van der Waals surface area contributed by atoms with E-state index >= 15 is 0 Å². The maximum absolute atomic E-state index is 12.7. The third kappa shape index (κ3) is 6.02. The lowest BCUT2D eigenvalue weighted by atomic mass is 10.0. The lowest BCUT2D eigenvalue weighted by Gasteiger charge is -2.34. The van der Waals surface area contributed by atoms with Crippen molar-refractivity contribution in [2.75, 3.05) is 38.0 Å². The second-order valence-corrected chi connectivity index (χ2v) is 9.03. The fourth-order valence-electron chi connectivity index (χ4n) is 3.89. The molecule has 0 aliphatic carbocycles. The summed E-state index contributed by atoms with van der Waals surface area (Å²) in [5, 5.41) is 5.91. The first-order valence-corrected chi connectivity index (χ1v) is 11.8. The fourth-order valence-corrected chi connectivity index (χ4v) is 4.65. The van der Waals surface area contributed by atoms with Crippen LogP contribution in [0.25, 0.3) is 0 Å². The second-order valence-electron chi connectivity index (χ2n) is 8.08. The zero-order valence-electron chi connectivity index (χ0n) is 18.3. The molecule has 3 aromatic rings. The molecular formula is C25H28N4O2S. The Labute approximate surface area is 192 Å². The van der Waals surface area contributed by atoms with Crippen molar-refractivity contribution in [2.45, 2.75) is 19.8 Å². The zero-order valence-corrected chi connectivity index (χ0v) is 19.1. The Hall–Kier alpha value is -3.03. The van der Waals surface area contributed by atoms with E-state index in [-0.39, 0.29) is 11.8 Å². The highest BCUT2D eigenvalue weighted by Gasteiger charge is 2.23. The molecule has 0 saturated carbocycles. The summed E-state index contributed by atoms with van der Waals surface area (Å²) >= 11 is 1.53. The quantitative estimate of drug-likeness (QED) is 0.602. The minimum Gasteiger partial charge on any atom is -0.340 e. The van der Waals surface area contributed by atoms with Gasteiger partial charge in [0.25, 0.3) is 0 Å². The van der Waals surface area contributed by atoms with Crippen molar-refractivity contribution in [1.82, 2.24) is 14.8 Å². The maximum Gasteiger partial charge on any atom is 0.238 e. The highest BCUT2D eigenvalue weighted by atomic mass is 32.1. The van der Waals surface area contributed by atoms with Crippen molar-refractivity contribution < 1.29 is 9.59 Å². The summed E-state index contributed by atoms with van der Waals surface area (Å²) in [6, 6.07) is 18.2. The summed E-state index contributed by atoms with van der Waals surface area (Å²) in [6.45, 7) is 4.94. The van der Waals surface area contributed by atoms with Crippen molar-refractivity contribution in [2.24, 2.45) is 0 Å². The van der Waals surface area contributed by atoms with Crippen LogP contribution in [0.3, 0.4) is 0 Å². The molecule has 0 bridgehead atoms. The first-order chi connectivity index (χ1) is 15.6. The number of hydrogen-bond donors (Lipinski definition) is 1. The average Bonchev–Trinajstić information content (AvgIpc) is 3.20. The summed E-state index contributed by atoms with van der Waals surface area (Å²) < 4.78 is 0. The number of carbonyl (C=O) groups excluding carboxylic acids is 2. The molecule has 1 aliphatic heterocycles. The second kappa shape index (κ2) is 10.5. The Balaban J connectivity index is 1.26. The summed E-state index contributed by atoms with van der Waals surface area (Å²) in [5.74, 6) is 0.0850. The van der Waals surface area contributed by atoms with Crippen LogP contribution in [0, 0.1) is 6.92 Å². The third-order valence-corrected chi connectivity index (χ3v) is 6.56. The fraction of sp³-hybridized carbons (Fsp3) is 0.320. The topological polar surface area (TPSA) is 65.5 Å². The smallest absolute Gasteiger partial charge is 0.238 e. The summed E-state index contributed by atoms with van der Waals surface area (Å²) in [7, 11) is 0. The van der Waals surface area contributed by atoms with Crippen molar-refractivity contribution in [3.63, 3.8) is 0 Å². The highest BCUT2D eigenvalue weighted by Crippen LogP contribution is 2.19. The van der Waals surface area contributed by atoms with Crippen LogP contribution in [-0.4, -0.2) is 59.3 Å². The van der Waals surface area contributed by atoms with Crippen LogP contribution in [0.2, 0.25) is 0 Å². The van der Waals surface area contributed by atoms with Gasteiger partial charge in [0.05, 0.1) is 13.0 Å². The lowest BCUT2D eigenvalue weighted by Crippen LogP contribution is -2.50. The molecule has 4 rings (SSSR count). The molecule has 7 heteroatoms. The van der Waals surface area contributed by atoms with Gasteiger partial charge in [-0.25, -0.2) is 4.98 Å². The third-order valence-electron chi connectivity index (χ3n) is 5.59. The first kappa shape index (κ1) is 22.2. The van der Waals surface area contributed by atoms with Crippen LogP contribution in [0.1, 0.15) is 21.8 Å². The molecule has 0 radical (unpaired) electrons. The molecule has 1 aromatic heterocycles. The van der Waals surface area contributed by atoms with E-state index in [1.165, 1.54) is 16.9 Å². The van der Waals surface area contributed by atoms with Gasteiger partial charge >= 0.3 is 0 Å². The van der Waals surface area contributed by atoms with E-state index < -0.39 is 0 Å². The Morgan fingerprint density at radius 1 is 1.00 bits per heavy atom. The predicted octanol–water partition coefficient (Wildman–Crippen LogP) is 3.37. The number of para-hydroxylation sites is 1. The standard InChI is InChI=1S/C25H28N4O2S/c1-19-18-32-24(26-19)16-25(31)29-13-11-28(12-14-29)17-23(30)27-22-10-6-5-9-21(22)15-20-7-3-2-4-8-20/h2-10,18H,11-17H2,1H3,(H,27,30). The molecule has 1 fully saturated rings. The lowest BCUT2D eigenvalue weighted by molar-refractivity contribution is -0.132. The Morgan fingerprint density at radius 2 is 1.72 bits per heavy atom. The van der Waals surface area contributed by atoms with E-state index in [1.54, 1.807) is 0 Å². The predicted molar refractivity (Wildman–Crippen MR) is 128 cm³/mol. The van der Waals surface area contributed by atoms with Crippen LogP contribution < -0.4 is 5.32 Å². The highest BCUT2D eigenvalue weighted by molar-refractivity contribution is 7.09. The van der Waals surface area contributed by atoms with E-state index in [0.717, 1.165) is 28.4 Å². The normalized spacial score (nSPS) is 14.3. The largest absolute Gasteiger partial charge is 0.340 e. The number of piperazine rings is 1. The first-order valence-electron chi connectivity index (χ1n) is 10.9. The van der Waals surface area contributed by atoms with Gasteiger partial charge < -0.3 is 10.2 Å². The molecule has 0 atom stereocenters. The number of benzene rings is 2. The van der Waals surface area contributed by atoms with Gasteiger partial charge in [0.1, 0.15) is 5.01 Å². The molecule has 1 N–H and O–H groups in total. The number of nitrogens with zero attached hydrogens (tertiary/aromatic N) is 3. The number of thiazole rings is 1. The Kier molecular flexibility index (Phi) is 7.29. The van der Waals surface area contributed by atoms with Gasteiger partial charge in [-0.1, -0.05) is 48.5 Å². The van der Waals surface area contributed by atoms with E-state index in [2.05, 4.69) is 33.4 Å². The molecule has 1 saturated heterocycles. The zero-order chi connectivity index (χ0) is 22.3. The number of aryl methyl sites for hydroxylation is 1. The van der Waals surface area contributed by atoms with Gasteiger partial charge in [0.2, 0.25) is 11.8 Å². The number of amides is 2. The summed E-state index contributed by atoms with van der Waals surface area (Å²) in [5.41, 5.74) is 4.12. The molecule has 2 aromatic carbocycles. The minimum absolute atomic E-state index is 0.0245. The molecule has 32 heavy (non-hydrogen) atoms. The molecule has 6 nitrogen and oxygen atoms in total. The number of anilines is 1. The van der Waals surface area contributed by atoms with Crippen LogP contribution in [0.4, 0.5) is 5.69 Å². The van der Waals surface area contributed by atoms with E-state index in [1.807, 2.05) is 53.6 Å². The monoisotopic (exact) mass is 448 g/mol. The molecule has 166 valence electrons. The van der Waals surface area contributed by atoms with Crippen LogP contribution in [0.5, 0.6) is 0 Å². The van der Waals surface area contributed by atoms with Crippen molar-refractivity contribution in [3.05, 3.63) is 81.8 Å². The van der Waals surface area contributed by atoms with Crippen molar-refractivity contribution in [3.8, 4) is 0 Å². The van der Waals surface area contributed by atoms with E-state index in [4.69, 9.17) is 0 Å². The Bertz CT molecular complexity index is 1060. The summed E-state index contributed by atoms with van der Waals surface area (Å²) in [6.07, 6.45) is 1.13. The SMILES string of the molecule is Cc1csc(CC(=O)N2CCN(CC(=O)Nc3ccccc3Cc3ccccc3)CC2)n1. The van der Waals surface area contributed by atoms with E-state index in [9.17, 15) is 9.59 Å². The van der Waals surface area contributed by atoms with Gasteiger partial charge in [0, 0.05) is 42.9 Å². The van der Waals surface area contributed by atoms with Crippen LogP contribution >= 0.6 is 11.3 Å². The van der Waals surface area contributed by atoms with Crippen molar-refractivity contribution in [1.29, 1.82) is 0 Å². The number of hydrogen-bond acceptors (Lipinski definition) is 5. The van der Waals surface area contributed by atoms with Crippen molar-refractivity contribution >= 4 is 28.8 Å². The number of carbonyl (C=O) groups is 2. The minimum atomic E-state index is -0.0245. The average molecular weight is 449 g/mol. The van der Waals surface area contributed by atoms with Crippen LogP contribution in [-0.2, 0) is 22.4 Å². The summed E-state index contributed by atoms with van der Waals surface area (Å²) in [4.78, 5) is 33.6. The van der Waals surface area contributed by atoms with Crippen LogP contribution in [0.15, 0.2) is 60.0 Å². The van der Waals surface area contributed by atoms with Gasteiger partial charge in [-0.15, -0.1) is 11.3 Å².